The van der Waals surface area contributed by atoms with Crippen molar-refractivity contribution in [3.8, 4) is 11.5 Å². The maximum absolute atomic E-state index is 14.9. The lowest BCUT2D eigenvalue weighted by Gasteiger charge is -2.29. The lowest BCUT2D eigenvalue weighted by atomic mass is 9.76. The van der Waals surface area contributed by atoms with Crippen molar-refractivity contribution >= 4 is 5.97 Å². The molecule has 2 saturated carbocycles. The van der Waals surface area contributed by atoms with Crippen LogP contribution in [0.3, 0.4) is 0 Å². The normalized spacial score (nSPS) is 19.3. The van der Waals surface area contributed by atoms with Crippen molar-refractivity contribution in [1.29, 1.82) is 0 Å². The summed E-state index contributed by atoms with van der Waals surface area (Å²) in [6.45, 7) is 7.48. The molecule has 236 valence electrons. The van der Waals surface area contributed by atoms with E-state index < -0.39 is 0 Å². The third-order valence-electron chi connectivity index (χ3n) is 9.15. The third kappa shape index (κ3) is 10.4. The number of benzene rings is 2. The van der Waals surface area contributed by atoms with Gasteiger partial charge in [-0.15, -0.1) is 0 Å². The van der Waals surface area contributed by atoms with Crippen LogP contribution in [0.4, 0.5) is 8.78 Å². The molecule has 2 aromatic rings. The number of hydrogen-bond acceptors (Lipinski definition) is 4. The number of carbonyl (C=O) groups is 1. The quantitative estimate of drug-likeness (QED) is 0.110. The average molecular weight is 597 g/mol. The summed E-state index contributed by atoms with van der Waals surface area (Å²) in [4.78, 5) is 12.2. The third-order valence-corrected chi connectivity index (χ3v) is 9.15. The second-order valence-electron chi connectivity index (χ2n) is 12.4. The number of unbranched alkanes of at least 4 members (excludes halogenated alkanes) is 5. The van der Waals surface area contributed by atoms with Gasteiger partial charge in [0.2, 0.25) is 0 Å². The van der Waals surface area contributed by atoms with Crippen LogP contribution in [0.2, 0.25) is 0 Å². The summed E-state index contributed by atoms with van der Waals surface area (Å²) in [6.07, 6.45) is 14.4. The maximum atomic E-state index is 14.9. The average Bonchev–Trinajstić information content (AvgIpc) is 3.02. The topological polar surface area (TPSA) is 44.8 Å². The Bertz CT molecular complexity index is 1160. The molecule has 0 spiro atoms. The minimum atomic E-state index is -0.340. The van der Waals surface area contributed by atoms with Gasteiger partial charge in [0.1, 0.15) is 0 Å². The molecule has 0 saturated heterocycles. The van der Waals surface area contributed by atoms with Crippen molar-refractivity contribution in [2.45, 2.75) is 115 Å². The fourth-order valence-corrected chi connectivity index (χ4v) is 6.36. The number of carbonyl (C=O) groups excluding carboxylic acids is 1. The minimum Gasteiger partial charge on any atom is -0.491 e. The predicted molar refractivity (Wildman–Crippen MR) is 168 cm³/mol. The molecule has 0 amide bonds. The molecule has 2 aliphatic carbocycles. The predicted octanol–water partition coefficient (Wildman–Crippen LogP) is 10.2. The summed E-state index contributed by atoms with van der Waals surface area (Å²) < 4.78 is 46.4. The van der Waals surface area contributed by atoms with E-state index in [0.29, 0.717) is 44.3 Å². The molecule has 0 bridgehead atoms. The highest BCUT2D eigenvalue weighted by Gasteiger charge is 2.26. The summed E-state index contributed by atoms with van der Waals surface area (Å²) in [5, 5.41) is 0. The Morgan fingerprint density at radius 1 is 0.721 bits per heavy atom. The number of esters is 1. The number of ether oxygens (including phenoxy) is 3. The largest absolute Gasteiger partial charge is 0.491 e. The van der Waals surface area contributed by atoms with E-state index in [-0.39, 0.29) is 35.2 Å². The van der Waals surface area contributed by atoms with Crippen molar-refractivity contribution in [2.75, 3.05) is 19.8 Å². The van der Waals surface area contributed by atoms with Gasteiger partial charge >= 0.3 is 5.97 Å². The molecule has 0 N–H and O–H groups in total. The van der Waals surface area contributed by atoms with Gasteiger partial charge in [-0.25, -0.2) is 8.78 Å². The molecule has 43 heavy (non-hydrogen) atoms. The first-order valence-electron chi connectivity index (χ1n) is 16.6. The number of rotatable bonds is 16. The van der Waals surface area contributed by atoms with Crippen molar-refractivity contribution in [3.05, 3.63) is 71.3 Å². The van der Waals surface area contributed by atoms with E-state index in [9.17, 15) is 13.6 Å². The first kappa shape index (κ1) is 33.0. The van der Waals surface area contributed by atoms with E-state index >= 15 is 0 Å². The van der Waals surface area contributed by atoms with Gasteiger partial charge in [0, 0.05) is 0 Å². The zero-order chi connectivity index (χ0) is 30.4. The van der Waals surface area contributed by atoms with Crippen molar-refractivity contribution in [1.82, 2.24) is 0 Å². The van der Waals surface area contributed by atoms with Crippen LogP contribution in [0, 0.1) is 17.6 Å². The highest BCUT2D eigenvalue weighted by molar-refractivity contribution is 5.72. The summed E-state index contributed by atoms with van der Waals surface area (Å²) in [6, 6.07) is 10.7. The minimum absolute atomic E-state index is 0.00593. The van der Waals surface area contributed by atoms with Gasteiger partial charge in [0.05, 0.1) is 25.7 Å². The zero-order valence-electron chi connectivity index (χ0n) is 26.0. The van der Waals surface area contributed by atoms with E-state index in [0.717, 1.165) is 75.3 Å². The standard InChI is InChI=1S/C37H50F2O4/c1-3-4-5-6-7-22-41-35-20-18-31(25-33(35)38)28-14-16-29(17-15-28)32-19-21-36(34(39)26-32)42-23-8-9-24-43-37(40)30-12-10-27(2)11-13-30/h18-21,25-26,28-30H,2-17,22-24H2,1H3. The van der Waals surface area contributed by atoms with Crippen LogP contribution in [0.25, 0.3) is 0 Å². The van der Waals surface area contributed by atoms with Crippen LogP contribution in [0.5, 0.6) is 11.5 Å². The van der Waals surface area contributed by atoms with E-state index in [2.05, 4.69) is 13.5 Å². The van der Waals surface area contributed by atoms with E-state index in [1.807, 2.05) is 12.1 Å². The highest BCUT2D eigenvalue weighted by Crippen LogP contribution is 2.42. The van der Waals surface area contributed by atoms with Crippen LogP contribution in [0.15, 0.2) is 48.6 Å². The lowest BCUT2D eigenvalue weighted by molar-refractivity contribution is -0.149. The van der Waals surface area contributed by atoms with Crippen LogP contribution < -0.4 is 9.47 Å². The van der Waals surface area contributed by atoms with Gasteiger partial charge in [0.25, 0.3) is 0 Å². The maximum Gasteiger partial charge on any atom is 0.308 e. The molecule has 0 aliphatic heterocycles. The van der Waals surface area contributed by atoms with Crippen LogP contribution >= 0.6 is 0 Å². The molecule has 0 radical (unpaired) electrons. The molecule has 2 aliphatic rings. The summed E-state index contributed by atoms with van der Waals surface area (Å²) in [7, 11) is 0. The first-order valence-corrected chi connectivity index (χ1v) is 16.6. The van der Waals surface area contributed by atoms with E-state index in [1.165, 1.54) is 24.8 Å². The molecule has 0 unspecified atom stereocenters. The summed E-state index contributed by atoms with van der Waals surface area (Å²) in [5.41, 5.74) is 3.24. The van der Waals surface area contributed by atoms with Gasteiger partial charge in [-0.3, -0.25) is 4.79 Å². The summed E-state index contributed by atoms with van der Waals surface area (Å²) >= 11 is 0. The van der Waals surface area contributed by atoms with E-state index in [1.54, 1.807) is 24.3 Å². The number of hydrogen-bond donors (Lipinski definition) is 0. The Hall–Kier alpha value is -2.89. The van der Waals surface area contributed by atoms with Crippen LogP contribution in [-0.2, 0) is 9.53 Å². The number of allylic oxidation sites excluding steroid dienone is 1. The zero-order valence-corrected chi connectivity index (χ0v) is 26.0. The molecule has 0 atom stereocenters. The fourth-order valence-electron chi connectivity index (χ4n) is 6.36. The molecular formula is C37H50F2O4. The van der Waals surface area contributed by atoms with Crippen molar-refractivity contribution in [2.24, 2.45) is 5.92 Å². The van der Waals surface area contributed by atoms with E-state index in [4.69, 9.17) is 14.2 Å². The van der Waals surface area contributed by atoms with Gasteiger partial charge < -0.3 is 14.2 Å². The van der Waals surface area contributed by atoms with Crippen molar-refractivity contribution in [3.63, 3.8) is 0 Å². The highest BCUT2D eigenvalue weighted by atomic mass is 19.1. The molecule has 2 aromatic carbocycles. The molecule has 2 fully saturated rings. The SMILES string of the molecule is C=C1CCC(C(=O)OCCCCOc2ccc(C3CCC(c4ccc(OCCCCCCC)c(F)c4)CC3)cc2F)CC1. The first-order chi connectivity index (χ1) is 20.9. The molecule has 4 nitrogen and oxygen atoms in total. The van der Waals surface area contributed by atoms with Gasteiger partial charge in [-0.05, 0) is 118 Å². The van der Waals surface area contributed by atoms with Gasteiger partial charge in [0.15, 0.2) is 23.1 Å². The molecule has 0 heterocycles. The second kappa shape index (κ2) is 17.4. The monoisotopic (exact) mass is 596 g/mol. The lowest BCUT2D eigenvalue weighted by Crippen LogP contribution is -2.21. The number of halogens is 2. The molecule has 0 aromatic heterocycles. The Labute approximate surface area is 257 Å². The Morgan fingerprint density at radius 2 is 1.21 bits per heavy atom. The Balaban J connectivity index is 1.14. The Kier molecular flexibility index (Phi) is 13.4. The van der Waals surface area contributed by atoms with Crippen LogP contribution in [-0.4, -0.2) is 25.8 Å². The van der Waals surface area contributed by atoms with Crippen LogP contribution in [0.1, 0.15) is 126 Å². The molecule has 4 rings (SSSR count). The second-order valence-corrected chi connectivity index (χ2v) is 12.4. The van der Waals surface area contributed by atoms with Crippen molar-refractivity contribution < 1.29 is 27.8 Å². The Morgan fingerprint density at radius 3 is 1.72 bits per heavy atom. The van der Waals surface area contributed by atoms with Gasteiger partial charge in [-0.1, -0.05) is 56.9 Å². The summed E-state index contributed by atoms with van der Waals surface area (Å²) in [5.74, 6) is 0.467. The fraction of sp³-hybridized carbons (Fsp3) is 0.595. The smallest absolute Gasteiger partial charge is 0.308 e. The van der Waals surface area contributed by atoms with Gasteiger partial charge in [-0.2, -0.15) is 0 Å². The molecular weight excluding hydrogens is 546 g/mol. The molecule has 6 heteroatoms.